The van der Waals surface area contributed by atoms with Crippen molar-refractivity contribution in [2.75, 3.05) is 11.9 Å². The number of hydrogen-bond acceptors (Lipinski definition) is 3. The zero-order chi connectivity index (χ0) is 15.5. The van der Waals surface area contributed by atoms with E-state index in [1.54, 1.807) is 24.8 Å². The molecular weight excluding hydrogens is 357 g/mol. The number of H-pyrrole nitrogens is 1. The fourth-order valence-electron chi connectivity index (χ4n) is 2.41. The van der Waals surface area contributed by atoms with Crippen LogP contribution in [-0.4, -0.2) is 26.1 Å². The van der Waals surface area contributed by atoms with Gasteiger partial charge in [-0.3, -0.25) is 0 Å². The van der Waals surface area contributed by atoms with E-state index < -0.39 is 0 Å². The predicted octanol–water partition coefficient (Wildman–Crippen LogP) is 4.40. The minimum Gasteiger partial charge on any atom is -0.356 e. The van der Waals surface area contributed by atoms with Crippen LogP contribution in [0, 0.1) is 0 Å². The largest absolute Gasteiger partial charge is 0.356 e. The number of benzene rings is 1. The van der Waals surface area contributed by atoms with Gasteiger partial charge in [0.1, 0.15) is 6.04 Å². The van der Waals surface area contributed by atoms with Gasteiger partial charge in [-0.1, -0.05) is 29.3 Å². The molecule has 2 aromatic heterocycles. The number of hydrogen-bond donors (Lipinski definition) is 2. The van der Waals surface area contributed by atoms with E-state index in [-0.39, 0.29) is 18.4 Å². The molecule has 5 nitrogen and oxygen atoms in total. The van der Waals surface area contributed by atoms with Gasteiger partial charge in [-0.2, -0.15) is 0 Å². The molecule has 2 heterocycles. The lowest BCUT2D eigenvalue weighted by Gasteiger charge is -2.21. The average molecular weight is 373 g/mol. The Morgan fingerprint density at radius 1 is 1.30 bits per heavy atom. The normalized spacial score (nSPS) is 11.8. The van der Waals surface area contributed by atoms with Gasteiger partial charge < -0.3 is 14.9 Å². The van der Waals surface area contributed by atoms with E-state index in [4.69, 9.17) is 23.2 Å². The Bertz CT molecular complexity index is 754. The second-order valence-electron chi connectivity index (χ2n) is 4.77. The lowest BCUT2D eigenvalue weighted by molar-refractivity contribution is 0.666. The Balaban J connectivity index is 0.00000192. The van der Waals surface area contributed by atoms with Crippen LogP contribution in [0.1, 0.15) is 24.2 Å². The van der Waals surface area contributed by atoms with Crippen LogP contribution in [0.15, 0.2) is 43.1 Å². The molecule has 0 aliphatic carbocycles. The monoisotopic (exact) mass is 371 g/mol. The van der Waals surface area contributed by atoms with E-state index in [2.05, 4.69) is 20.3 Å². The molecule has 0 fully saturated rings. The van der Waals surface area contributed by atoms with Crippen LogP contribution in [0.5, 0.6) is 0 Å². The third kappa shape index (κ3) is 3.63. The molecule has 2 N–H and O–H groups in total. The molecule has 0 bridgehead atoms. The number of nitrogens with zero attached hydrogens (tertiary/aromatic N) is 3. The van der Waals surface area contributed by atoms with Crippen LogP contribution in [0.2, 0.25) is 10.0 Å². The van der Waals surface area contributed by atoms with Crippen LogP contribution in [0.25, 0.3) is 0 Å². The van der Waals surface area contributed by atoms with Gasteiger partial charge in [0.05, 0.1) is 28.3 Å². The molecule has 1 aromatic carbocycles. The van der Waals surface area contributed by atoms with Crippen molar-refractivity contribution in [1.29, 1.82) is 0 Å². The van der Waals surface area contributed by atoms with Gasteiger partial charge in [-0.25, -0.2) is 9.97 Å². The quantitative estimate of drug-likeness (QED) is 0.697. The summed E-state index contributed by atoms with van der Waals surface area (Å²) in [6.07, 6.45) is 7.14. The summed E-state index contributed by atoms with van der Waals surface area (Å²) in [4.78, 5) is 11.6. The summed E-state index contributed by atoms with van der Waals surface area (Å²) in [6, 6.07) is 5.50. The molecule has 8 heteroatoms. The van der Waals surface area contributed by atoms with Gasteiger partial charge in [0.2, 0.25) is 5.95 Å². The summed E-state index contributed by atoms with van der Waals surface area (Å²) in [5.41, 5.74) is 1.94. The van der Waals surface area contributed by atoms with Gasteiger partial charge in [0, 0.05) is 18.9 Å². The molecule has 3 aromatic rings. The van der Waals surface area contributed by atoms with Crippen LogP contribution in [0.3, 0.4) is 0 Å². The number of nitrogens with one attached hydrogen (secondary N) is 2. The first-order valence-electron chi connectivity index (χ1n) is 6.90. The van der Waals surface area contributed by atoms with Crippen molar-refractivity contribution in [2.45, 2.75) is 13.0 Å². The van der Waals surface area contributed by atoms with Crippen molar-refractivity contribution in [3.8, 4) is 0 Å². The molecule has 0 aliphatic rings. The molecule has 0 aliphatic heterocycles. The molecule has 1 unspecified atom stereocenters. The minimum absolute atomic E-state index is 0. The molecule has 1 atom stereocenters. The van der Waals surface area contributed by atoms with Gasteiger partial charge >= 0.3 is 0 Å². The Kier molecular flexibility index (Phi) is 5.93. The van der Waals surface area contributed by atoms with Crippen molar-refractivity contribution in [3.63, 3.8) is 0 Å². The first-order chi connectivity index (χ1) is 10.7. The molecule has 0 radical (unpaired) electrons. The maximum Gasteiger partial charge on any atom is 0.203 e. The number of anilines is 1. The number of rotatable bonds is 5. The van der Waals surface area contributed by atoms with Crippen molar-refractivity contribution >= 4 is 41.6 Å². The standard InChI is InChI=1S/C15H15Cl2N5.ClH/c1-2-19-15-20-5-6-22(15)14(13-8-18-9-21-13)10-3-4-11(16)12(17)7-10;/h3-9,14H,2H2,1H3,(H,18,21)(H,19,20);1H. The lowest BCUT2D eigenvalue weighted by Crippen LogP contribution is -2.15. The summed E-state index contributed by atoms with van der Waals surface area (Å²) in [5, 5.41) is 4.31. The zero-order valence-corrected chi connectivity index (χ0v) is 14.7. The maximum atomic E-state index is 6.18. The topological polar surface area (TPSA) is 58.5 Å². The van der Waals surface area contributed by atoms with Crippen LogP contribution < -0.4 is 5.32 Å². The first kappa shape index (κ1) is 17.7. The highest BCUT2D eigenvalue weighted by Gasteiger charge is 2.21. The number of imidazole rings is 2. The van der Waals surface area contributed by atoms with Crippen molar-refractivity contribution in [3.05, 3.63) is 64.4 Å². The van der Waals surface area contributed by atoms with E-state index in [9.17, 15) is 0 Å². The highest BCUT2D eigenvalue weighted by atomic mass is 35.5. The highest BCUT2D eigenvalue weighted by Crippen LogP contribution is 2.32. The Morgan fingerprint density at radius 2 is 2.13 bits per heavy atom. The van der Waals surface area contributed by atoms with Gasteiger partial charge in [0.15, 0.2) is 0 Å². The molecule has 0 saturated heterocycles. The zero-order valence-electron chi connectivity index (χ0n) is 12.3. The molecule has 0 spiro atoms. The molecule has 0 saturated carbocycles. The summed E-state index contributed by atoms with van der Waals surface area (Å²) in [7, 11) is 0. The smallest absolute Gasteiger partial charge is 0.203 e. The van der Waals surface area contributed by atoms with E-state index in [1.807, 2.05) is 29.8 Å². The Hall–Kier alpha value is -1.69. The van der Waals surface area contributed by atoms with Crippen molar-refractivity contribution in [2.24, 2.45) is 0 Å². The van der Waals surface area contributed by atoms with Crippen LogP contribution in [-0.2, 0) is 0 Å². The minimum atomic E-state index is -0.117. The third-order valence-electron chi connectivity index (χ3n) is 3.36. The SMILES string of the molecule is CCNc1nccn1C(c1ccc(Cl)c(Cl)c1)c1cnc[nH]1.Cl. The van der Waals surface area contributed by atoms with Crippen LogP contribution in [0.4, 0.5) is 5.95 Å². The second-order valence-corrected chi connectivity index (χ2v) is 5.59. The summed E-state index contributed by atoms with van der Waals surface area (Å²) >= 11 is 12.2. The molecule has 3 rings (SSSR count). The number of aromatic nitrogens is 4. The average Bonchev–Trinajstić information content (AvgIpc) is 3.17. The van der Waals surface area contributed by atoms with E-state index >= 15 is 0 Å². The maximum absolute atomic E-state index is 6.18. The van der Waals surface area contributed by atoms with Gasteiger partial charge in [0.25, 0.3) is 0 Å². The summed E-state index contributed by atoms with van der Waals surface area (Å²) < 4.78 is 2.04. The predicted molar refractivity (Wildman–Crippen MR) is 95.9 cm³/mol. The summed E-state index contributed by atoms with van der Waals surface area (Å²) in [5.74, 6) is 0.785. The fraction of sp³-hybridized carbons (Fsp3) is 0.200. The molecular formula is C15H16Cl3N5. The molecule has 0 amide bonds. The van der Waals surface area contributed by atoms with E-state index in [0.29, 0.717) is 10.0 Å². The van der Waals surface area contributed by atoms with E-state index in [1.165, 1.54) is 0 Å². The van der Waals surface area contributed by atoms with E-state index in [0.717, 1.165) is 23.8 Å². The van der Waals surface area contributed by atoms with Crippen molar-refractivity contribution < 1.29 is 0 Å². The second kappa shape index (κ2) is 7.73. The number of aromatic amines is 1. The van der Waals surface area contributed by atoms with Gasteiger partial charge in [-0.05, 0) is 24.6 Å². The number of halogens is 3. The van der Waals surface area contributed by atoms with Crippen LogP contribution >= 0.6 is 35.6 Å². The van der Waals surface area contributed by atoms with Gasteiger partial charge in [-0.15, -0.1) is 12.4 Å². The first-order valence-corrected chi connectivity index (χ1v) is 7.66. The molecule has 122 valence electrons. The lowest BCUT2D eigenvalue weighted by atomic mass is 10.0. The Morgan fingerprint density at radius 3 is 2.78 bits per heavy atom. The summed E-state index contributed by atoms with van der Waals surface area (Å²) in [6.45, 7) is 2.82. The highest BCUT2D eigenvalue weighted by molar-refractivity contribution is 6.42. The fourth-order valence-corrected chi connectivity index (χ4v) is 2.71. The molecule has 23 heavy (non-hydrogen) atoms. The Labute approximate surface area is 150 Å². The third-order valence-corrected chi connectivity index (χ3v) is 4.09. The van der Waals surface area contributed by atoms with Crippen molar-refractivity contribution in [1.82, 2.24) is 19.5 Å².